The molecule has 0 amide bonds. The third-order valence-corrected chi connectivity index (χ3v) is 2.96. The summed E-state index contributed by atoms with van der Waals surface area (Å²) in [6.45, 7) is 0. The fourth-order valence-electron chi connectivity index (χ4n) is 1.59. The van der Waals surface area contributed by atoms with Crippen molar-refractivity contribution in [2.45, 2.75) is 0 Å². The molecule has 2 rings (SSSR count). The SMILES string of the molecule is O/N=c1/c(NO)cccc2cccc(Br)c12. The van der Waals surface area contributed by atoms with Gasteiger partial charge in [-0.2, -0.15) is 0 Å². The third-order valence-electron chi connectivity index (χ3n) is 2.30. The number of fused-ring (bicyclic) bond motifs is 1. The highest BCUT2D eigenvalue weighted by Gasteiger charge is 2.03. The Morgan fingerprint density at radius 3 is 2.44 bits per heavy atom. The van der Waals surface area contributed by atoms with E-state index in [9.17, 15) is 0 Å². The zero-order valence-corrected chi connectivity index (χ0v) is 9.77. The van der Waals surface area contributed by atoms with Crippen LogP contribution in [0.2, 0.25) is 0 Å². The van der Waals surface area contributed by atoms with Gasteiger partial charge >= 0.3 is 0 Å². The van der Waals surface area contributed by atoms with Crippen molar-refractivity contribution in [3.05, 3.63) is 46.2 Å². The minimum atomic E-state index is 0.287. The molecular formula is C11H9BrN2O2. The normalized spacial score (nSPS) is 11.8. The van der Waals surface area contributed by atoms with E-state index in [1.165, 1.54) is 0 Å². The van der Waals surface area contributed by atoms with Gasteiger partial charge in [-0.1, -0.05) is 45.4 Å². The van der Waals surface area contributed by atoms with Crippen molar-refractivity contribution in [3.63, 3.8) is 0 Å². The third kappa shape index (κ3) is 1.75. The molecule has 0 atom stereocenters. The minimum absolute atomic E-state index is 0.287. The molecule has 16 heavy (non-hydrogen) atoms. The molecule has 4 nitrogen and oxygen atoms in total. The Morgan fingerprint density at radius 2 is 1.81 bits per heavy atom. The van der Waals surface area contributed by atoms with Crippen LogP contribution in [0.3, 0.4) is 0 Å². The molecule has 0 aliphatic rings. The summed E-state index contributed by atoms with van der Waals surface area (Å²) in [5.41, 5.74) is 2.35. The lowest BCUT2D eigenvalue weighted by molar-refractivity contribution is 0.302. The van der Waals surface area contributed by atoms with Gasteiger partial charge in [0.25, 0.3) is 0 Å². The number of nitrogens with one attached hydrogen (secondary N) is 1. The molecule has 0 saturated carbocycles. The zero-order valence-electron chi connectivity index (χ0n) is 8.18. The lowest BCUT2D eigenvalue weighted by atomic mass is 10.2. The molecule has 2 aromatic carbocycles. The quantitative estimate of drug-likeness (QED) is 0.556. The van der Waals surface area contributed by atoms with Crippen LogP contribution in [0, 0.1) is 0 Å². The van der Waals surface area contributed by atoms with E-state index >= 15 is 0 Å². The van der Waals surface area contributed by atoms with E-state index in [0.29, 0.717) is 5.69 Å². The fraction of sp³-hybridized carbons (Fsp3) is 0. The van der Waals surface area contributed by atoms with Crippen LogP contribution in [0.5, 0.6) is 0 Å². The lowest BCUT2D eigenvalue weighted by Crippen LogP contribution is -2.08. The van der Waals surface area contributed by atoms with Crippen LogP contribution in [0.15, 0.2) is 46.0 Å². The Kier molecular flexibility index (Phi) is 3.07. The van der Waals surface area contributed by atoms with Crippen LogP contribution in [0.25, 0.3) is 10.8 Å². The smallest absolute Gasteiger partial charge is 0.136 e. The lowest BCUT2D eigenvalue weighted by Gasteiger charge is -1.98. The first-order chi connectivity index (χ1) is 7.77. The van der Waals surface area contributed by atoms with Gasteiger partial charge in [0.1, 0.15) is 5.36 Å². The molecule has 0 spiro atoms. The summed E-state index contributed by atoms with van der Waals surface area (Å²) in [7, 11) is 0. The molecule has 5 heteroatoms. The first kappa shape index (κ1) is 10.9. The topological polar surface area (TPSA) is 64.9 Å². The Balaban J connectivity index is 3.08. The molecule has 3 N–H and O–H groups in total. The molecule has 0 heterocycles. The van der Waals surface area contributed by atoms with Crippen molar-refractivity contribution in [2.75, 3.05) is 5.48 Å². The van der Waals surface area contributed by atoms with E-state index in [0.717, 1.165) is 15.2 Å². The van der Waals surface area contributed by atoms with E-state index < -0.39 is 0 Å². The van der Waals surface area contributed by atoms with E-state index in [2.05, 4.69) is 21.1 Å². The Bertz CT molecular complexity index is 599. The second-order valence-corrected chi connectivity index (χ2v) is 4.06. The predicted molar refractivity (Wildman–Crippen MR) is 64.4 cm³/mol. The Hall–Kier alpha value is -1.59. The summed E-state index contributed by atoms with van der Waals surface area (Å²) in [5.74, 6) is 0. The van der Waals surface area contributed by atoms with E-state index in [1.54, 1.807) is 12.1 Å². The van der Waals surface area contributed by atoms with Gasteiger partial charge in [0.05, 0.1) is 5.69 Å². The number of hydrogen-bond donors (Lipinski definition) is 3. The molecule has 2 aromatic rings. The number of halogens is 1. The van der Waals surface area contributed by atoms with Crippen molar-refractivity contribution in [2.24, 2.45) is 5.16 Å². The minimum Gasteiger partial charge on any atom is -0.410 e. The Morgan fingerprint density at radius 1 is 1.12 bits per heavy atom. The molecule has 0 aliphatic carbocycles. The van der Waals surface area contributed by atoms with Crippen LogP contribution >= 0.6 is 15.9 Å². The molecule has 0 aliphatic heterocycles. The second kappa shape index (κ2) is 4.51. The first-order valence-corrected chi connectivity index (χ1v) is 5.37. The molecule has 0 bridgehead atoms. The van der Waals surface area contributed by atoms with E-state index in [1.807, 2.05) is 29.7 Å². The number of benzene rings is 1. The number of hydrogen-bond acceptors (Lipinski definition) is 4. The van der Waals surface area contributed by atoms with Gasteiger partial charge < -0.3 is 5.21 Å². The van der Waals surface area contributed by atoms with Crippen LogP contribution in [0.1, 0.15) is 0 Å². The maximum Gasteiger partial charge on any atom is 0.136 e. The van der Waals surface area contributed by atoms with Crippen molar-refractivity contribution >= 4 is 32.4 Å². The van der Waals surface area contributed by atoms with Gasteiger partial charge in [-0.15, -0.1) is 0 Å². The van der Waals surface area contributed by atoms with Crippen molar-refractivity contribution in [1.82, 2.24) is 0 Å². The summed E-state index contributed by atoms with van der Waals surface area (Å²) < 4.78 is 0.797. The second-order valence-electron chi connectivity index (χ2n) is 3.20. The summed E-state index contributed by atoms with van der Waals surface area (Å²) in [6.07, 6.45) is 0. The monoisotopic (exact) mass is 280 g/mol. The molecule has 0 aromatic heterocycles. The van der Waals surface area contributed by atoms with Crippen molar-refractivity contribution < 1.29 is 10.4 Å². The van der Waals surface area contributed by atoms with Gasteiger partial charge in [-0.3, -0.25) is 10.7 Å². The molecule has 0 radical (unpaired) electrons. The number of nitrogens with zero attached hydrogens (tertiary/aromatic N) is 1. The highest BCUT2D eigenvalue weighted by atomic mass is 79.9. The van der Waals surface area contributed by atoms with Gasteiger partial charge in [-0.25, -0.2) is 0 Å². The molecule has 82 valence electrons. The summed E-state index contributed by atoms with van der Waals surface area (Å²) in [6, 6.07) is 10.9. The van der Waals surface area contributed by atoms with E-state index in [-0.39, 0.29) is 5.36 Å². The predicted octanol–water partition coefficient (Wildman–Crippen LogP) is 2.69. The summed E-state index contributed by atoms with van der Waals surface area (Å²) in [5, 5.41) is 23.2. The Labute approximate surface area is 99.9 Å². The molecular weight excluding hydrogens is 272 g/mol. The maximum absolute atomic E-state index is 9.04. The average molecular weight is 281 g/mol. The first-order valence-electron chi connectivity index (χ1n) is 4.57. The van der Waals surface area contributed by atoms with Crippen LogP contribution < -0.4 is 10.8 Å². The molecule has 0 unspecified atom stereocenters. The largest absolute Gasteiger partial charge is 0.410 e. The number of anilines is 1. The van der Waals surface area contributed by atoms with Gasteiger partial charge in [-0.05, 0) is 17.5 Å². The molecule has 0 saturated heterocycles. The highest BCUT2D eigenvalue weighted by molar-refractivity contribution is 9.10. The van der Waals surface area contributed by atoms with Gasteiger partial charge in [0.15, 0.2) is 0 Å². The maximum atomic E-state index is 9.04. The fourth-order valence-corrected chi connectivity index (χ4v) is 2.15. The average Bonchev–Trinajstić information content (AvgIpc) is 2.48. The van der Waals surface area contributed by atoms with Crippen LogP contribution in [-0.4, -0.2) is 10.4 Å². The zero-order chi connectivity index (χ0) is 11.5. The summed E-state index contributed by atoms with van der Waals surface area (Å²) >= 11 is 3.39. The van der Waals surface area contributed by atoms with Gasteiger partial charge in [0, 0.05) is 9.86 Å². The van der Waals surface area contributed by atoms with Gasteiger partial charge in [0.2, 0.25) is 0 Å². The van der Waals surface area contributed by atoms with Crippen molar-refractivity contribution in [3.8, 4) is 0 Å². The standard InChI is InChI=1S/C11H9BrN2O2/c12-8-5-1-3-7-4-2-6-9(13-15)11(14-16)10(7)8/h1-6,15-16H,(H,13,14). The highest BCUT2D eigenvalue weighted by Crippen LogP contribution is 2.21. The molecule has 0 fully saturated rings. The summed E-state index contributed by atoms with van der Waals surface area (Å²) in [4.78, 5) is 0. The number of rotatable bonds is 1. The van der Waals surface area contributed by atoms with Crippen molar-refractivity contribution in [1.29, 1.82) is 0 Å². The van der Waals surface area contributed by atoms with E-state index in [4.69, 9.17) is 10.4 Å². The van der Waals surface area contributed by atoms with Crippen LogP contribution in [0.4, 0.5) is 5.69 Å². The van der Waals surface area contributed by atoms with Crippen LogP contribution in [-0.2, 0) is 0 Å².